The molecule has 0 saturated heterocycles. The maximum Gasteiger partial charge on any atom is 0.226 e. The molecule has 1 aromatic rings. The molecule has 0 saturated carbocycles. The van der Waals surface area contributed by atoms with Crippen LogP contribution in [0.1, 0.15) is 43.7 Å². The fourth-order valence-corrected chi connectivity index (χ4v) is 1.78. The highest BCUT2D eigenvalue weighted by Crippen LogP contribution is 2.18. The molecule has 6 nitrogen and oxygen atoms in total. The second-order valence-electron chi connectivity index (χ2n) is 4.39. The maximum atomic E-state index is 11.3. The van der Waals surface area contributed by atoms with Crippen molar-refractivity contribution in [2.24, 2.45) is 5.73 Å². The molecule has 0 spiro atoms. The first kappa shape index (κ1) is 14.1. The molecule has 7 heteroatoms. The molecule has 0 aromatic carbocycles. The van der Waals surface area contributed by atoms with Crippen molar-refractivity contribution in [2.45, 2.75) is 44.4 Å². The van der Waals surface area contributed by atoms with Gasteiger partial charge >= 0.3 is 0 Å². The minimum atomic E-state index is -3.18. The van der Waals surface area contributed by atoms with Crippen LogP contribution < -0.4 is 5.73 Å². The van der Waals surface area contributed by atoms with Crippen LogP contribution in [0.4, 0.5) is 0 Å². The highest BCUT2D eigenvalue weighted by molar-refractivity contribution is 7.90. The number of nitrogens with zero attached hydrogens (tertiary/aromatic N) is 2. The second-order valence-corrected chi connectivity index (χ2v) is 6.75. The third-order valence-electron chi connectivity index (χ3n) is 2.54. The lowest BCUT2D eigenvalue weighted by atomic mass is 10.1. The van der Waals surface area contributed by atoms with Crippen molar-refractivity contribution in [1.82, 2.24) is 10.1 Å². The van der Waals surface area contributed by atoms with E-state index in [9.17, 15) is 8.42 Å². The van der Waals surface area contributed by atoms with Gasteiger partial charge in [0.05, 0.1) is 0 Å². The summed E-state index contributed by atoms with van der Waals surface area (Å²) in [5.74, 6) is 0.694. The van der Waals surface area contributed by atoms with E-state index in [1.54, 1.807) is 6.92 Å². The van der Waals surface area contributed by atoms with E-state index in [2.05, 4.69) is 10.1 Å². The summed E-state index contributed by atoms with van der Waals surface area (Å²) in [7, 11) is -3.18. The summed E-state index contributed by atoms with van der Waals surface area (Å²) in [6.07, 6.45) is 3.51. The number of aromatic nitrogens is 2. The van der Waals surface area contributed by atoms with Crippen molar-refractivity contribution in [3.05, 3.63) is 11.7 Å². The molecule has 0 aliphatic rings. The van der Waals surface area contributed by atoms with Crippen LogP contribution in [0.3, 0.4) is 0 Å². The fraction of sp³-hybridized carbons (Fsp3) is 0.800. The molecule has 2 N–H and O–H groups in total. The molecule has 2 atom stereocenters. The van der Waals surface area contributed by atoms with Gasteiger partial charge in [0, 0.05) is 18.7 Å². The number of hydrogen-bond acceptors (Lipinski definition) is 6. The van der Waals surface area contributed by atoms with E-state index in [0.717, 1.165) is 19.1 Å². The molecule has 1 rings (SSSR count). The van der Waals surface area contributed by atoms with Gasteiger partial charge in [0.15, 0.2) is 15.7 Å². The van der Waals surface area contributed by atoms with E-state index in [1.807, 2.05) is 6.92 Å². The predicted molar refractivity (Wildman–Crippen MR) is 64.1 cm³/mol. The Balaban J connectivity index is 2.60. The Labute approximate surface area is 102 Å². The standard InChI is InChI=1S/C10H19N3O3S/c1-7(11)5-4-6-9-12-10(13-16-9)8(2)17(3,14)15/h7-8H,4-6,11H2,1-3H3. The first-order valence-corrected chi connectivity index (χ1v) is 7.53. The number of hydrogen-bond donors (Lipinski definition) is 1. The summed E-state index contributed by atoms with van der Waals surface area (Å²) in [4.78, 5) is 4.08. The minimum absolute atomic E-state index is 0.146. The van der Waals surface area contributed by atoms with Crippen molar-refractivity contribution >= 4 is 9.84 Å². The summed E-state index contributed by atoms with van der Waals surface area (Å²) in [6, 6.07) is 0.146. The molecule has 0 fully saturated rings. The van der Waals surface area contributed by atoms with Gasteiger partial charge < -0.3 is 10.3 Å². The van der Waals surface area contributed by atoms with Crippen LogP contribution in [0.5, 0.6) is 0 Å². The molecule has 98 valence electrons. The van der Waals surface area contributed by atoms with Crippen LogP contribution in [0.15, 0.2) is 4.52 Å². The lowest BCUT2D eigenvalue weighted by Crippen LogP contribution is -2.14. The third kappa shape index (κ3) is 4.43. The molecule has 0 aliphatic carbocycles. The quantitative estimate of drug-likeness (QED) is 0.814. The summed E-state index contributed by atoms with van der Waals surface area (Å²) >= 11 is 0. The Morgan fingerprint density at radius 3 is 2.59 bits per heavy atom. The van der Waals surface area contributed by atoms with Crippen molar-refractivity contribution in [2.75, 3.05) is 6.26 Å². The van der Waals surface area contributed by atoms with E-state index < -0.39 is 15.1 Å². The van der Waals surface area contributed by atoms with Crippen LogP contribution in [-0.4, -0.2) is 30.9 Å². The molecule has 0 aliphatic heterocycles. The van der Waals surface area contributed by atoms with Crippen LogP contribution in [-0.2, 0) is 16.3 Å². The van der Waals surface area contributed by atoms with Crippen molar-refractivity contribution < 1.29 is 12.9 Å². The summed E-state index contributed by atoms with van der Waals surface area (Å²) in [6.45, 7) is 3.48. The lowest BCUT2D eigenvalue weighted by Gasteiger charge is -2.02. The van der Waals surface area contributed by atoms with Gasteiger partial charge in [-0.1, -0.05) is 5.16 Å². The van der Waals surface area contributed by atoms with E-state index in [4.69, 9.17) is 10.3 Å². The Hall–Kier alpha value is -0.950. The van der Waals surface area contributed by atoms with Crippen LogP contribution in [0, 0.1) is 0 Å². The maximum absolute atomic E-state index is 11.3. The second kappa shape index (κ2) is 5.59. The number of rotatable bonds is 6. The zero-order valence-corrected chi connectivity index (χ0v) is 11.2. The number of aryl methyl sites for hydroxylation is 1. The summed E-state index contributed by atoms with van der Waals surface area (Å²) < 4.78 is 27.6. The van der Waals surface area contributed by atoms with Crippen molar-refractivity contribution in [1.29, 1.82) is 0 Å². The first-order valence-electron chi connectivity index (χ1n) is 5.57. The monoisotopic (exact) mass is 261 g/mol. The van der Waals surface area contributed by atoms with Gasteiger partial charge in [0.25, 0.3) is 0 Å². The highest BCUT2D eigenvalue weighted by atomic mass is 32.2. The van der Waals surface area contributed by atoms with Crippen molar-refractivity contribution in [3.63, 3.8) is 0 Å². The molecule has 2 unspecified atom stereocenters. The Morgan fingerprint density at radius 2 is 2.06 bits per heavy atom. The van der Waals surface area contributed by atoms with E-state index in [1.165, 1.54) is 0 Å². The smallest absolute Gasteiger partial charge is 0.226 e. The van der Waals surface area contributed by atoms with Crippen LogP contribution in [0.25, 0.3) is 0 Å². The van der Waals surface area contributed by atoms with Gasteiger partial charge in [0.1, 0.15) is 5.25 Å². The molecule has 0 radical (unpaired) electrons. The predicted octanol–water partition coefficient (Wildman–Crippen LogP) is 0.845. The van der Waals surface area contributed by atoms with E-state index >= 15 is 0 Å². The molecule has 1 aromatic heterocycles. The molecular weight excluding hydrogens is 242 g/mol. The molecular formula is C10H19N3O3S. The third-order valence-corrected chi connectivity index (χ3v) is 4.04. The average Bonchev–Trinajstić information content (AvgIpc) is 2.63. The Morgan fingerprint density at radius 1 is 1.41 bits per heavy atom. The van der Waals surface area contributed by atoms with Gasteiger partial charge in [-0.25, -0.2) is 8.42 Å². The highest BCUT2D eigenvalue weighted by Gasteiger charge is 2.22. The van der Waals surface area contributed by atoms with Gasteiger partial charge in [-0.15, -0.1) is 0 Å². The Bertz CT molecular complexity index is 453. The largest absolute Gasteiger partial charge is 0.339 e. The lowest BCUT2D eigenvalue weighted by molar-refractivity contribution is 0.367. The zero-order valence-electron chi connectivity index (χ0n) is 10.4. The molecule has 1 heterocycles. The van der Waals surface area contributed by atoms with Gasteiger partial charge in [0.2, 0.25) is 5.89 Å². The van der Waals surface area contributed by atoms with Gasteiger partial charge in [-0.05, 0) is 26.7 Å². The summed E-state index contributed by atoms with van der Waals surface area (Å²) in [5, 5.41) is 2.96. The molecule has 0 amide bonds. The van der Waals surface area contributed by atoms with Gasteiger partial charge in [-0.3, -0.25) is 0 Å². The SMILES string of the molecule is CC(N)CCCc1nc(C(C)S(C)(=O)=O)no1. The average molecular weight is 261 g/mol. The van der Waals surface area contributed by atoms with E-state index in [-0.39, 0.29) is 11.9 Å². The van der Waals surface area contributed by atoms with Gasteiger partial charge in [-0.2, -0.15) is 4.98 Å². The zero-order chi connectivity index (χ0) is 13.1. The van der Waals surface area contributed by atoms with E-state index in [0.29, 0.717) is 12.3 Å². The van der Waals surface area contributed by atoms with Crippen molar-refractivity contribution in [3.8, 4) is 0 Å². The number of sulfone groups is 1. The minimum Gasteiger partial charge on any atom is -0.339 e. The van der Waals surface area contributed by atoms with Crippen LogP contribution in [0.2, 0.25) is 0 Å². The first-order chi connectivity index (χ1) is 7.80. The topological polar surface area (TPSA) is 99.1 Å². The Kier molecular flexibility index (Phi) is 4.64. The normalized spacial score (nSPS) is 15.8. The molecule has 0 bridgehead atoms. The van der Waals surface area contributed by atoms with Crippen LogP contribution >= 0.6 is 0 Å². The fourth-order valence-electron chi connectivity index (χ4n) is 1.30. The molecule has 17 heavy (non-hydrogen) atoms. The summed E-state index contributed by atoms with van der Waals surface area (Å²) in [5.41, 5.74) is 5.62. The number of nitrogens with two attached hydrogens (primary N) is 1.